The molecule has 3 heteroatoms. The van der Waals surface area contributed by atoms with Crippen LogP contribution in [0, 0.1) is 11.8 Å². The Hall–Kier alpha value is -0.830. The van der Waals surface area contributed by atoms with Gasteiger partial charge in [0.2, 0.25) is 5.91 Å². The van der Waals surface area contributed by atoms with Crippen molar-refractivity contribution in [2.75, 3.05) is 5.32 Å². The van der Waals surface area contributed by atoms with Crippen LogP contribution < -0.4 is 5.32 Å². The predicted molar refractivity (Wildman–Crippen MR) is 73.9 cm³/mol. The summed E-state index contributed by atoms with van der Waals surface area (Å²) in [5, 5.41) is 2.99. The lowest BCUT2D eigenvalue weighted by Gasteiger charge is -2.25. The number of benzene rings is 1. The second kappa shape index (κ2) is 5.67. The molecule has 0 atom stereocenters. The van der Waals surface area contributed by atoms with Crippen LogP contribution in [-0.4, -0.2) is 5.91 Å². The Balaban J connectivity index is 1.90. The van der Waals surface area contributed by atoms with Gasteiger partial charge in [0.1, 0.15) is 0 Å². The van der Waals surface area contributed by atoms with Gasteiger partial charge in [0.05, 0.1) is 0 Å². The van der Waals surface area contributed by atoms with Gasteiger partial charge in [-0.15, -0.1) is 0 Å². The summed E-state index contributed by atoms with van der Waals surface area (Å²) in [7, 11) is 0. The quantitative estimate of drug-likeness (QED) is 0.870. The standard InChI is InChI=1S/C14H18BrNO/c1-10-2-4-11(5-3-10)14(17)16-13-8-6-12(15)7-9-13/h6-11H,2-5H2,1H3,(H,16,17). The number of amides is 1. The lowest BCUT2D eigenvalue weighted by molar-refractivity contribution is -0.121. The summed E-state index contributed by atoms with van der Waals surface area (Å²) >= 11 is 3.38. The van der Waals surface area contributed by atoms with Gasteiger partial charge in [0, 0.05) is 16.1 Å². The second-order valence-electron chi connectivity index (χ2n) is 4.95. The van der Waals surface area contributed by atoms with Crippen LogP contribution >= 0.6 is 15.9 Å². The summed E-state index contributed by atoms with van der Waals surface area (Å²) in [6, 6.07) is 7.73. The van der Waals surface area contributed by atoms with E-state index in [4.69, 9.17) is 0 Å². The highest BCUT2D eigenvalue weighted by Gasteiger charge is 2.24. The monoisotopic (exact) mass is 295 g/mol. The van der Waals surface area contributed by atoms with E-state index in [2.05, 4.69) is 28.2 Å². The molecule has 0 radical (unpaired) electrons. The van der Waals surface area contributed by atoms with Gasteiger partial charge < -0.3 is 5.32 Å². The van der Waals surface area contributed by atoms with Crippen LogP contribution in [0.4, 0.5) is 5.69 Å². The molecule has 92 valence electrons. The highest BCUT2D eigenvalue weighted by Crippen LogP contribution is 2.29. The maximum absolute atomic E-state index is 12.0. The van der Waals surface area contributed by atoms with Crippen molar-refractivity contribution >= 4 is 27.5 Å². The van der Waals surface area contributed by atoms with Crippen LogP contribution in [0.15, 0.2) is 28.7 Å². The minimum absolute atomic E-state index is 0.180. The normalized spacial score (nSPS) is 24.4. The van der Waals surface area contributed by atoms with E-state index < -0.39 is 0 Å². The molecule has 1 saturated carbocycles. The smallest absolute Gasteiger partial charge is 0.227 e. The summed E-state index contributed by atoms with van der Waals surface area (Å²) in [6.45, 7) is 2.27. The Bertz CT molecular complexity index is 380. The zero-order valence-electron chi connectivity index (χ0n) is 10.1. The van der Waals surface area contributed by atoms with Crippen molar-refractivity contribution in [2.24, 2.45) is 11.8 Å². The predicted octanol–water partition coefficient (Wildman–Crippen LogP) is 4.21. The first-order valence-corrected chi connectivity index (χ1v) is 7.01. The molecule has 0 spiro atoms. The van der Waals surface area contributed by atoms with Gasteiger partial charge in [-0.3, -0.25) is 4.79 Å². The van der Waals surface area contributed by atoms with Crippen LogP contribution in [0.3, 0.4) is 0 Å². The van der Waals surface area contributed by atoms with E-state index in [-0.39, 0.29) is 11.8 Å². The first kappa shape index (κ1) is 12.6. The van der Waals surface area contributed by atoms with Gasteiger partial charge in [-0.1, -0.05) is 22.9 Å². The highest BCUT2D eigenvalue weighted by atomic mass is 79.9. The third kappa shape index (κ3) is 3.56. The Morgan fingerprint density at radius 1 is 1.18 bits per heavy atom. The lowest BCUT2D eigenvalue weighted by atomic mass is 9.82. The van der Waals surface area contributed by atoms with Crippen LogP contribution in [-0.2, 0) is 4.79 Å². The molecule has 0 bridgehead atoms. The number of anilines is 1. The molecule has 0 unspecified atom stereocenters. The lowest BCUT2D eigenvalue weighted by Crippen LogP contribution is -2.26. The van der Waals surface area contributed by atoms with Crippen molar-refractivity contribution in [1.82, 2.24) is 0 Å². The number of halogens is 1. The molecule has 17 heavy (non-hydrogen) atoms. The largest absolute Gasteiger partial charge is 0.326 e. The molecule has 0 saturated heterocycles. The Morgan fingerprint density at radius 2 is 1.76 bits per heavy atom. The maximum atomic E-state index is 12.0. The minimum atomic E-state index is 0.180. The Labute approximate surface area is 111 Å². The van der Waals surface area contributed by atoms with Crippen molar-refractivity contribution in [3.8, 4) is 0 Å². The second-order valence-corrected chi connectivity index (χ2v) is 5.87. The van der Waals surface area contributed by atoms with E-state index >= 15 is 0 Å². The average molecular weight is 296 g/mol. The van der Waals surface area contributed by atoms with Gasteiger partial charge >= 0.3 is 0 Å². The summed E-state index contributed by atoms with van der Waals surface area (Å²) in [6.07, 6.45) is 4.42. The van der Waals surface area contributed by atoms with Gasteiger partial charge in [0.15, 0.2) is 0 Å². The molecule has 1 amide bonds. The summed E-state index contributed by atoms with van der Waals surface area (Å²) in [5.74, 6) is 1.17. The number of carbonyl (C=O) groups is 1. The zero-order chi connectivity index (χ0) is 12.3. The molecule has 0 aliphatic heterocycles. The molecule has 1 aliphatic rings. The highest BCUT2D eigenvalue weighted by molar-refractivity contribution is 9.10. The van der Waals surface area contributed by atoms with Crippen molar-refractivity contribution in [3.05, 3.63) is 28.7 Å². The third-order valence-corrected chi connectivity index (χ3v) is 4.03. The van der Waals surface area contributed by atoms with E-state index in [1.807, 2.05) is 24.3 Å². The van der Waals surface area contributed by atoms with Gasteiger partial charge in [-0.05, 0) is 55.9 Å². The van der Waals surface area contributed by atoms with E-state index in [1.165, 1.54) is 12.8 Å². The third-order valence-electron chi connectivity index (χ3n) is 3.50. The van der Waals surface area contributed by atoms with E-state index in [0.29, 0.717) is 0 Å². The van der Waals surface area contributed by atoms with Crippen LogP contribution in [0.1, 0.15) is 32.6 Å². The number of hydrogen-bond acceptors (Lipinski definition) is 1. The molecule has 1 aromatic rings. The molecule has 2 rings (SSSR count). The SMILES string of the molecule is CC1CCC(C(=O)Nc2ccc(Br)cc2)CC1. The van der Waals surface area contributed by atoms with Crippen LogP contribution in [0.25, 0.3) is 0 Å². The van der Waals surface area contributed by atoms with E-state index in [0.717, 1.165) is 28.9 Å². The van der Waals surface area contributed by atoms with E-state index in [9.17, 15) is 4.79 Å². The minimum Gasteiger partial charge on any atom is -0.326 e. The fourth-order valence-corrected chi connectivity index (χ4v) is 2.56. The topological polar surface area (TPSA) is 29.1 Å². The molecule has 1 fully saturated rings. The summed E-state index contributed by atoms with van der Waals surface area (Å²) < 4.78 is 1.03. The zero-order valence-corrected chi connectivity index (χ0v) is 11.7. The number of rotatable bonds is 2. The molecule has 1 aliphatic carbocycles. The number of hydrogen-bond donors (Lipinski definition) is 1. The molecule has 0 aromatic heterocycles. The molecular weight excluding hydrogens is 278 g/mol. The Kier molecular flexibility index (Phi) is 4.21. The molecule has 2 nitrogen and oxygen atoms in total. The van der Waals surface area contributed by atoms with Crippen LogP contribution in [0.2, 0.25) is 0 Å². The van der Waals surface area contributed by atoms with E-state index in [1.54, 1.807) is 0 Å². The molecular formula is C14H18BrNO. The van der Waals surface area contributed by atoms with Gasteiger partial charge in [-0.25, -0.2) is 0 Å². The van der Waals surface area contributed by atoms with Gasteiger partial charge in [0.25, 0.3) is 0 Å². The maximum Gasteiger partial charge on any atom is 0.227 e. The molecule has 1 N–H and O–H groups in total. The van der Waals surface area contributed by atoms with Crippen molar-refractivity contribution in [3.63, 3.8) is 0 Å². The van der Waals surface area contributed by atoms with Crippen molar-refractivity contribution in [1.29, 1.82) is 0 Å². The Morgan fingerprint density at radius 3 is 2.35 bits per heavy atom. The fraction of sp³-hybridized carbons (Fsp3) is 0.500. The summed E-state index contributed by atoms with van der Waals surface area (Å²) in [5.41, 5.74) is 0.886. The van der Waals surface area contributed by atoms with Crippen LogP contribution in [0.5, 0.6) is 0 Å². The van der Waals surface area contributed by atoms with Gasteiger partial charge in [-0.2, -0.15) is 0 Å². The fourth-order valence-electron chi connectivity index (χ4n) is 2.30. The van der Waals surface area contributed by atoms with Crippen molar-refractivity contribution in [2.45, 2.75) is 32.6 Å². The number of nitrogens with one attached hydrogen (secondary N) is 1. The first-order chi connectivity index (χ1) is 8.15. The average Bonchev–Trinajstić information content (AvgIpc) is 2.33. The van der Waals surface area contributed by atoms with Crippen molar-refractivity contribution < 1.29 is 4.79 Å². The molecule has 1 aromatic carbocycles. The summed E-state index contributed by atoms with van der Waals surface area (Å²) in [4.78, 5) is 12.0. The molecule has 0 heterocycles. The first-order valence-electron chi connectivity index (χ1n) is 6.21. The number of carbonyl (C=O) groups excluding carboxylic acids is 1.